The second-order valence-corrected chi connectivity index (χ2v) is 9.83. The van der Waals surface area contributed by atoms with Crippen molar-refractivity contribution in [1.29, 1.82) is 0 Å². The van der Waals surface area contributed by atoms with Crippen LogP contribution < -0.4 is 0 Å². The SMILES string of the molecule is CCC/C=C/O[Si](CC)(CC)[C@H](C)c1ccccc1. The van der Waals surface area contributed by atoms with E-state index in [1.54, 1.807) is 0 Å². The van der Waals surface area contributed by atoms with Crippen LogP contribution in [0.15, 0.2) is 42.7 Å². The summed E-state index contributed by atoms with van der Waals surface area (Å²) in [7, 11) is -1.72. The smallest absolute Gasteiger partial charge is 0.256 e. The molecule has 1 nitrogen and oxygen atoms in total. The third-order valence-corrected chi connectivity index (χ3v) is 9.05. The summed E-state index contributed by atoms with van der Waals surface area (Å²) < 4.78 is 6.30. The second kappa shape index (κ2) is 8.21. The van der Waals surface area contributed by atoms with Gasteiger partial charge in [-0.15, -0.1) is 0 Å². The zero-order chi connectivity index (χ0) is 14.1. The van der Waals surface area contributed by atoms with Gasteiger partial charge in [-0.3, -0.25) is 0 Å². The topological polar surface area (TPSA) is 9.23 Å². The summed E-state index contributed by atoms with van der Waals surface area (Å²) in [6.45, 7) is 9.09. The lowest BCUT2D eigenvalue weighted by molar-refractivity contribution is 0.441. The molecule has 0 N–H and O–H groups in total. The Morgan fingerprint density at radius 3 is 2.26 bits per heavy atom. The molecule has 0 amide bonds. The van der Waals surface area contributed by atoms with E-state index in [0.717, 1.165) is 18.5 Å². The van der Waals surface area contributed by atoms with Crippen LogP contribution in [0.2, 0.25) is 12.1 Å². The predicted molar refractivity (Wildman–Crippen MR) is 86.7 cm³/mol. The van der Waals surface area contributed by atoms with Crippen molar-refractivity contribution in [1.82, 2.24) is 0 Å². The number of rotatable bonds is 8. The van der Waals surface area contributed by atoms with Crippen LogP contribution in [0.3, 0.4) is 0 Å². The average molecular weight is 276 g/mol. The van der Waals surface area contributed by atoms with Gasteiger partial charge >= 0.3 is 0 Å². The lowest BCUT2D eigenvalue weighted by Crippen LogP contribution is -2.41. The fourth-order valence-corrected chi connectivity index (χ4v) is 6.02. The van der Waals surface area contributed by atoms with Crippen LogP contribution in [0, 0.1) is 0 Å². The Morgan fingerprint density at radius 1 is 1.11 bits per heavy atom. The van der Waals surface area contributed by atoms with E-state index in [4.69, 9.17) is 4.43 Å². The van der Waals surface area contributed by atoms with E-state index in [1.165, 1.54) is 12.0 Å². The predicted octanol–water partition coefficient (Wildman–Crippen LogP) is 5.65. The molecule has 0 aromatic heterocycles. The molecule has 2 heteroatoms. The molecule has 0 bridgehead atoms. The third-order valence-electron chi connectivity index (χ3n) is 4.14. The van der Waals surface area contributed by atoms with Crippen molar-refractivity contribution in [2.45, 2.75) is 58.2 Å². The molecule has 0 unspecified atom stereocenters. The van der Waals surface area contributed by atoms with Crippen LogP contribution in [-0.2, 0) is 4.43 Å². The largest absolute Gasteiger partial charge is 0.549 e. The first-order valence-electron chi connectivity index (χ1n) is 7.58. The minimum absolute atomic E-state index is 0.537. The third kappa shape index (κ3) is 4.24. The number of allylic oxidation sites excluding steroid dienone is 1. The van der Waals surface area contributed by atoms with Gasteiger partial charge in [-0.1, -0.05) is 70.5 Å². The van der Waals surface area contributed by atoms with E-state index < -0.39 is 8.32 Å². The van der Waals surface area contributed by atoms with Crippen molar-refractivity contribution in [3.05, 3.63) is 48.2 Å². The van der Waals surface area contributed by atoms with E-state index in [0.29, 0.717) is 5.54 Å². The van der Waals surface area contributed by atoms with E-state index in [2.05, 4.69) is 64.1 Å². The van der Waals surface area contributed by atoms with Gasteiger partial charge in [0.15, 0.2) is 0 Å². The highest BCUT2D eigenvalue weighted by atomic mass is 28.4. The molecule has 0 aliphatic heterocycles. The molecule has 0 heterocycles. The van der Waals surface area contributed by atoms with Crippen molar-refractivity contribution in [3.8, 4) is 0 Å². The Kier molecular flexibility index (Phi) is 6.93. The lowest BCUT2D eigenvalue weighted by atomic mass is 10.2. The van der Waals surface area contributed by atoms with Crippen LogP contribution in [0.5, 0.6) is 0 Å². The molecule has 0 aliphatic rings. The van der Waals surface area contributed by atoms with Crippen molar-refractivity contribution in [2.24, 2.45) is 0 Å². The average Bonchev–Trinajstić information content (AvgIpc) is 2.48. The molecule has 1 rings (SSSR count). The summed E-state index contributed by atoms with van der Waals surface area (Å²) in [6.07, 6.45) is 6.44. The molecule has 0 aliphatic carbocycles. The van der Waals surface area contributed by atoms with Crippen molar-refractivity contribution in [3.63, 3.8) is 0 Å². The van der Waals surface area contributed by atoms with Crippen LogP contribution in [-0.4, -0.2) is 8.32 Å². The molecule has 0 saturated heterocycles. The molecule has 0 saturated carbocycles. The highest BCUT2D eigenvalue weighted by Gasteiger charge is 2.39. The van der Waals surface area contributed by atoms with E-state index in [9.17, 15) is 0 Å². The van der Waals surface area contributed by atoms with Crippen molar-refractivity contribution < 1.29 is 4.43 Å². The number of hydrogen-bond donors (Lipinski definition) is 0. The fraction of sp³-hybridized carbons (Fsp3) is 0.529. The summed E-state index contributed by atoms with van der Waals surface area (Å²) >= 11 is 0. The lowest BCUT2D eigenvalue weighted by Gasteiger charge is -2.34. The quantitative estimate of drug-likeness (QED) is 0.440. The van der Waals surface area contributed by atoms with Crippen LogP contribution in [0.1, 0.15) is 51.6 Å². The molecule has 0 spiro atoms. The zero-order valence-electron chi connectivity index (χ0n) is 12.9. The Balaban J connectivity index is 2.85. The van der Waals surface area contributed by atoms with Gasteiger partial charge in [0.2, 0.25) is 0 Å². The monoisotopic (exact) mass is 276 g/mol. The molecule has 1 aromatic carbocycles. The number of hydrogen-bond acceptors (Lipinski definition) is 1. The zero-order valence-corrected chi connectivity index (χ0v) is 13.9. The number of benzene rings is 1. The van der Waals surface area contributed by atoms with Crippen LogP contribution in [0.4, 0.5) is 0 Å². The summed E-state index contributed by atoms with van der Waals surface area (Å²) in [6, 6.07) is 13.1. The van der Waals surface area contributed by atoms with Gasteiger partial charge in [0, 0.05) is 5.54 Å². The maximum atomic E-state index is 6.30. The van der Waals surface area contributed by atoms with Gasteiger partial charge < -0.3 is 4.43 Å². The first kappa shape index (κ1) is 16.0. The van der Waals surface area contributed by atoms with Gasteiger partial charge in [0.05, 0.1) is 6.26 Å². The Labute approximate surface area is 119 Å². The second-order valence-electron chi connectivity index (χ2n) is 5.18. The maximum Gasteiger partial charge on any atom is 0.256 e. The normalized spacial score (nSPS) is 13.7. The summed E-state index contributed by atoms with van der Waals surface area (Å²) in [4.78, 5) is 0. The van der Waals surface area contributed by atoms with Gasteiger partial charge in [-0.2, -0.15) is 0 Å². The summed E-state index contributed by atoms with van der Waals surface area (Å²) in [5.41, 5.74) is 1.96. The molecule has 1 atom stereocenters. The Hall–Kier alpha value is -1.02. The van der Waals surface area contributed by atoms with E-state index >= 15 is 0 Å². The highest BCUT2D eigenvalue weighted by molar-refractivity contribution is 6.75. The molecule has 19 heavy (non-hydrogen) atoms. The van der Waals surface area contributed by atoms with Gasteiger partial charge in [0.25, 0.3) is 8.32 Å². The first-order chi connectivity index (χ1) is 9.20. The van der Waals surface area contributed by atoms with Crippen molar-refractivity contribution in [2.75, 3.05) is 0 Å². The van der Waals surface area contributed by atoms with Crippen LogP contribution in [0.25, 0.3) is 0 Å². The number of unbranched alkanes of at least 4 members (excludes halogenated alkanes) is 1. The molecule has 1 aromatic rings. The maximum absolute atomic E-state index is 6.30. The molecule has 0 fully saturated rings. The fourth-order valence-electron chi connectivity index (χ4n) is 2.59. The minimum atomic E-state index is -1.72. The van der Waals surface area contributed by atoms with E-state index in [1.807, 2.05) is 6.26 Å². The van der Waals surface area contributed by atoms with Gasteiger partial charge in [-0.05, 0) is 24.1 Å². The standard InChI is InChI=1S/C17H28OSi/c1-5-8-12-15-18-19(6-2,7-3)16(4)17-13-10-9-11-14-17/h9-16H,5-8H2,1-4H3/b15-12+/t16-/m1/s1. The van der Waals surface area contributed by atoms with Crippen LogP contribution >= 0.6 is 0 Å². The molecular weight excluding hydrogens is 248 g/mol. The van der Waals surface area contributed by atoms with E-state index in [-0.39, 0.29) is 0 Å². The summed E-state index contributed by atoms with van der Waals surface area (Å²) in [5, 5.41) is 0. The van der Waals surface area contributed by atoms with Gasteiger partial charge in [-0.25, -0.2) is 0 Å². The molecule has 106 valence electrons. The Morgan fingerprint density at radius 2 is 1.74 bits per heavy atom. The summed E-state index contributed by atoms with van der Waals surface area (Å²) in [5.74, 6) is 0. The molecular formula is C17H28OSi. The highest BCUT2D eigenvalue weighted by Crippen LogP contribution is 2.33. The minimum Gasteiger partial charge on any atom is -0.549 e. The molecule has 0 radical (unpaired) electrons. The Bertz CT molecular complexity index is 368. The first-order valence-corrected chi connectivity index (χ1v) is 9.98. The van der Waals surface area contributed by atoms with Gasteiger partial charge in [0.1, 0.15) is 0 Å². The van der Waals surface area contributed by atoms with Crippen molar-refractivity contribution >= 4 is 8.32 Å².